The highest BCUT2D eigenvalue weighted by atomic mass is 16.5. The number of hydrogen-bond donors (Lipinski definition) is 2. The standard InChI is InChI=1S/C14H19BN2O3/c1-2-3-14-16-8-9-17(14)10-11-20-13-6-4-12(5-7-13)15(18)19/h4-9,18-19H,2-3,10-11H2,1H3. The number of rotatable bonds is 7. The Labute approximate surface area is 119 Å². The average Bonchev–Trinajstić information content (AvgIpc) is 2.87. The van der Waals surface area contributed by atoms with Gasteiger partial charge >= 0.3 is 7.12 Å². The van der Waals surface area contributed by atoms with Crippen LogP contribution in [0.15, 0.2) is 36.7 Å². The van der Waals surface area contributed by atoms with Crippen LogP contribution in [-0.2, 0) is 13.0 Å². The second kappa shape index (κ2) is 7.12. The van der Waals surface area contributed by atoms with Gasteiger partial charge < -0.3 is 19.4 Å². The highest BCUT2D eigenvalue weighted by molar-refractivity contribution is 6.58. The summed E-state index contributed by atoms with van der Waals surface area (Å²) in [7, 11) is -1.44. The lowest BCUT2D eigenvalue weighted by atomic mass is 9.80. The third kappa shape index (κ3) is 3.85. The number of aryl methyl sites for hydroxylation is 1. The van der Waals surface area contributed by atoms with E-state index >= 15 is 0 Å². The van der Waals surface area contributed by atoms with Crippen LogP contribution in [0.25, 0.3) is 0 Å². The van der Waals surface area contributed by atoms with Gasteiger partial charge in [-0.2, -0.15) is 0 Å². The van der Waals surface area contributed by atoms with Gasteiger partial charge in [-0.1, -0.05) is 19.1 Å². The Hall–Kier alpha value is -1.79. The molecule has 0 radical (unpaired) electrons. The maximum Gasteiger partial charge on any atom is 0.488 e. The highest BCUT2D eigenvalue weighted by Gasteiger charge is 2.09. The summed E-state index contributed by atoms with van der Waals surface area (Å²) >= 11 is 0. The van der Waals surface area contributed by atoms with E-state index < -0.39 is 7.12 Å². The highest BCUT2D eigenvalue weighted by Crippen LogP contribution is 2.08. The molecule has 2 rings (SSSR count). The van der Waals surface area contributed by atoms with Crippen molar-refractivity contribution < 1.29 is 14.8 Å². The molecule has 20 heavy (non-hydrogen) atoms. The van der Waals surface area contributed by atoms with Crippen molar-refractivity contribution in [3.63, 3.8) is 0 Å². The van der Waals surface area contributed by atoms with Crippen LogP contribution in [0.1, 0.15) is 19.2 Å². The molecule has 2 N–H and O–H groups in total. The predicted octanol–water partition coefficient (Wildman–Crippen LogP) is 0.594. The van der Waals surface area contributed by atoms with Crippen LogP contribution in [0.2, 0.25) is 0 Å². The molecule has 0 aliphatic heterocycles. The average molecular weight is 274 g/mol. The Bertz CT molecular complexity index is 525. The monoisotopic (exact) mass is 274 g/mol. The van der Waals surface area contributed by atoms with E-state index in [4.69, 9.17) is 14.8 Å². The summed E-state index contributed by atoms with van der Waals surface area (Å²) in [6.07, 6.45) is 5.81. The van der Waals surface area contributed by atoms with Crippen molar-refractivity contribution in [1.29, 1.82) is 0 Å². The summed E-state index contributed by atoms with van der Waals surface area (Å²) in [4.78, 5) is 4.31. The molecule has 106 valence electrons. The van der Waals surface area contributed by atoms with Crippen molar-refractivity contribution in [2.75, 3.05) is 6.61 Å². The Morgan fingerprint density at radius 3 is 2.65 bits per heavy atom. The lowest BCUT2D eigenvalue weighted by Crippen LogP contribution is -2.29. The molecule has 0 unspecified atom stereocenters. The number of aromatic nitrogens is 2. The van der Waals surface area contributed by atoms with Crippen LogP contribution in [0, 0.1) is 0 Å². The van der Waals surface area contributed by atoms with Crippen molar-refractivity contribution in [3.8, 4) is 5.75 Å². The van der Waals surface area contributed by atoms with Gasteiger partial charge in [-0.05, 0) is 24.0 Å². The molecule has 5 nitrogen and oxygen atoms in total. The lowest BCUT2D eigenvalue weighted by Gasteiger charge is -2.09. The minimum absolute atomic E-state index is 0.456. The van der Waals surface area contributed by atoms with Gasteiger partial charge in [0.05, 0.1) is 6.54 Å². The summed E-state index contributed by atoms with van der Waals surface area (Å²) in [6, 6.07) is 6.74. The van der Waals surface area contributed by atoms with Gasteiger partial charge in [0.1, 0.15) is 18.2 Å². The minimum atomic E-state index is -1.44. The van der Waals surface area contributed by atoms with Gasteiger partial charge in [0.25, 0.3) is 0 Å². The lowest BCUT2D eigenvalue weighted by molar-refractivity contribution is 0.296. The fourth-order valence-electron chi connectivity index (χ4n) is 1.99. The van der Waals surface area contributed by atoms with Gasteiger partial charge in [0, 0.05) is 18.8 Å². The third-order valence-corrected chi connectivity index (χ3v) is 3.05. The normalized spacial score (nSPS) is 10.6. The zero-order valence-electron chi connectivity index (χ0n) is 11.6. The predicted molar refractivity (Wildman–Crippen MR) is 78.0 cm³/mol. The van der Waals surface area contributed by atoms with E-state index in [-0.39, 0.29) is 0 Å². The first-order valence-corrected chi connectivity index (χ1v) is 6.79. The first-order chi connectivity index (χ1) is 9.70. The topological polar surface area (TPSA) is 67.5 Å². The van der Waals surface area contributed by atoms with Crippen LogP contribution >= 0.6 is 0 Å². The molecule has 0 spiro atoms. The summed E-state index contributed by atoms with van der Waals surface area (Å²) < 4.78 is 7.73. The number of imidazole rings is 1. The maximum atomic E-state index is 9.00. The quantitative estimate of drug-likeness (QED) is 0.725. The van der Waals surface area contributed by atoms with Crippen LogP contribution in [0.3, 0.4) is 0 Å². The van der Waals surface area contributed by atoms with E-state index in [2.05, 4.69) is 16.5 Å². The first-order valence-electron chi connectivity index (χ1n) is 6.79. The molecule has 0 aliphatic rings. The van der Waals surface area contributed by atoms with E-state index in [1.165, 1.54) is 0 Å². The summed E-state index contributed by atoms with van der Waals surface area (Å²) in [6.45, 7) is 3.43. The van der Waals surface area contributed by atoms with E-state index in [0.29, 0.717) is 17.8 Å². The molecule has 1 heterocycles. The molecule has 0 amide bonds. The Kier molecular flexibility index (Phi) is 5.20. The van der Waals surface area contributed by atoms with Crippen molar-refractivity contribution in [2.24, 2.45) is 0 Å². The van der Waals surface area contributed by atoms with Crippen LogP contribution in [0.5, 0.6) is 5.75 Å². The van der Waals surface area contributed by atoms with E-state index in [0.717, 1.165) is 25.2 Å². The Balaban J connectivity index is 1.84. The molecule has 1 aromatic heterocycles. The van der Waals surface area contributed by atoms with Gasteiger partial charge in [0.15, 0.2) is 0 Å². The van der Waals surface area contributed by atoms with E-state index in [1.807, 2.05) is 12.4 Å². The van der Waals surface area contributed by atoms with Crippen molar-refractivity contribution in [1.82, 2.24) is 9.55 Å². The third-order valence-electron chi connectivity index (χ3n) is 3.05. The second-order valence-electron chi connectivity index (χ2n) is 4.58. The number of benzene rings is 1. The Morgan fingerprint density at radius 2 is 2.00 bits per heavy atom. The molecule has 0 atom stereocenters. The largest absolute Gasteiger partial charge is 0.492 e. The molecule has 0 saturated carbocycles. The van der Waals surface area contributed by atoms with Crippen molar-refractivity contribution in [3.05, 3.63) is 42.5 Å². The van der Waals surface area contributed by atoms with E-state index in [9.17, 15) is 0 Å². The molecule has 2 aromatic rings. The number of hydrogen-bond acceptors (Lipinski definition) is 4. The van der Waals surface area contributed by atoms with E-state index in [1.54, 1.807) is 24.3 Å². The van der Waals surface area contributed by atoms with Gasteiger partial charge in [0.2, 0.25) is 0 Å². The number of ether oxygens (including phenoxy) is 1. The molecule has 0 fully saturated rings. The minimum Gasteiger partial charge on any atom is -0.492 e. The zero-order valence-corrected chi connectivity index (χ0v) is 11.6. The fraction of sp³-hybridized carbons (Fsp3) is 0.357. The first kappa shape index (κ1) is 14.6. The van der Waals surface area contributed by atoms with Gasteiger partial charge in [-0.15, -0.1) is 0 Å². The summed E-state index contributed by atoms with van der Waals surface area (Å²) in [5.41, 5.74) is 0.456. The number of nitrogens with zero attached hydrogens (tertiary/aromatic N) is 2. The van der Waals surface area contributed by atoms with Gasteiger partial charge in [-0.3, -0.25) is 0 Å². The SMILES string of the molecule is CCCc1nccn1CCOc1ccc(B(O)O)cc1. The molecule has 1 aromatic carbocycles. The van der Waals surface area contributed by atoms with Crippen LogP contribution in [0.4, 0.5) is 0 Å². The zero-order chi connectivity index (χ0) is 14.4. The Morgan fingerprint density at radius 1 is 1.25 bits per heavy atom. The summed E-state index contributed by atoms with van der Waals surface area (Å²) in [5, 5.41) is 18.0. The molecule has 6 heteroatoms. The van der Waals surface area contributed by atoms with Crippen molar-refractivity contribution in [2.45, 2.75) is 26.3 Å². The fourth-order valence-corrected chi connectivity index (χ4v) is 1.99. The second-order valence-corrected chi connectivity index (χ2v) is 4.58. The maximum absolute atomic E-state index is 9.00. The molecule has 0 bridgehead atoms. The summed E-state index contributed by atoms with van der Waals surface area (Å²) in [5.74, 6) is 1.79. The van der Waals surface area contributed by atoms with Crippen LogP contribution in [-0.4, -0.2) is 33.3 Å². The van der Waals surface area contributed by atoms with Crippen molar-refractivity contribution >= 4 is 12.6 Å². The smallest absolute Gasteiger partial charge is 0.488 e. The molecular formula is C14H19BN2O3. The molecular weight excluding hydrogens is 255 g/mol. The molecule has 0 saturated heterocycles. The van der Waals surface area contributed by atoms with Crippen LogP contribution < -0.4 is 10.2 Å². The van der Waals surface area contributed by atoms with Gasteiger partial charge in [-0.25, -0.2) is 4.98 Å². The molecule has 0 aliphatic carbocycles.